The molecule has 0 aliphatic rings. The van der Waals surface area contributed by atoms with E-state index < -0.39 is 0 Å². The summed E-state index contributed by atoms with van der Waals surface area (Å²) >= 11 is 1.38. The molecule has 0 aliphatic carbocycles. The van der Waals surface area contributed by atoms with Gasteiger partial charge in [0.2, 0.25) is 5.91 Å². The van der Waals surface area contributed by atoms with Crippen LogP contribution in [0.2, 0.25) is 0 Å². The van der Waals surface area contributed by atoms with Gasteiger partial charge in [0, 0.05) is 19.8 Å². The van der Waals surface area contributed by atoms with E-state index in [0.29, 0.717) is 4.88 Å². The molecule has 2 aromatic heterocycles. The topological polar surface area (TPSA) is 58.4 Å². The van der Waals surface area contributed by atoms with Gasteiger partial charge in [0.25, 0.3) is 5.91 Å². The van der Waals surface area contributed by atoms with Crippen molar-refractivity contribution in [2.75, 3.05) is 20.6 Å². The van der Waals surface area contributed by atoms with Crippen LogP contribution in [-0.2, 0) is 4.79 Å². The normalized spacial score (nSPS) is 12.0. The molecule has 4 rings (SSSR count). The maximum absolute atomic E-state index is 12.8. The number of amides is 2. The highest BCUT2D eigenvalue weighted by molar-refractivity contribution is 7.12. The summed E-state index contributed by atoms with van der Waals surface area (Å²) in [7, 11) is 3.43. The molecule has 0 radical (unpaired) electrons. The first-order valence-corrected chi connectivity index (χ1v) is 10.9. The van der Waals surface area contributed by atoms with E-state index in [4.69, 9.17) is 0 Å². The number of likely N-dealkylation sites (N-methyl/N-ethyl adjacent to an activating group) is 2. The molecule has 2 heterocycles. The van der Waals surface area contributed by atoms with Crippen LogP contribution in [0.4, 0.5) is 0 Å². The number of benzene rings is 2. The van der Waals surface area contributed by atoms with Gasteiger partial charge in [-0.2, -0.15) is 0 Å². The predicted octanol–water partition coefficient (Wildman–Crippen LogP) is 4.38. The van der Waals surface area contributed by atoms with Gasteiger partial charge in [0.1, 0.15) is 6.33 Å². The van der Waals surface area contributed by atoms with Gasteiger partial charge in [-0.15, -0.1) is 11.3 Å². The fourth-order valence-corrected chi connectivity index (χ4v) is 4.21. The SMILES string of the molecule is CC(c1ccc(-n2cnc3ccccc32)cc1)N(C)C(=O)CN(C)C(=O)c1cccs1. The van der Waals surface area contributed by atoms with E-state index in [9.17, 15) is 9.59 Å². The third-order valence-corrected chi connectivity index (χ3v) is 6.39. The summed E-state index contributed by atoms with van der Waals surface area (Å²) in [5, 5.41) is 1.85. The number of nitrogens with zero attached hydrogens (tertiary/aromatic N) is 4. The summed E-state index contributed by atoms with van der Waals surface area (Å²) in [6, 6.07) is 19.6. The summed E-state index contributed by atoms with van der Waals surface area (Å²) in [5.41, 5.74) is 4.04. The van der Waals surface area contributed by atoms with E-state index in [1.165, 1.54) is 16.2 Å². The molecule has 2 amide bonds. The average Bonchev–Trinajstić information content (AvgIpc) is 3.48. The van der Waals surface area contributed by atoms with Crippen molar-refractivity contribution >= 4 is 34.2 Å². The molecule has 1 atom stereocenters. The highest BCUT2D eigenvalue weighted by Crippen LogP contribution is 2.23. The Kier molecular flexibility index (Phi) is 5.86. The lowest BCUT2D eigenvalue weighted by Crippen LogP contribution is -2.40. The third kappa shape index (κ3) is 4.22. The smallest absolute Gasteiger partial charge is 0.264 e. The zero-order chi connectivity index (χ0) is 22.0. The molecule has 0 spiro atoms. The van der Waals surface area contributed by atoms with Crippen molar-refractivity contribution in [3.05, 3.63) is 82.8 Å². The Labute approximate surface area is 185 Å². The summed E-state index contributed by atoms with van der Waals surface area (Å²) in [6.07, 6.45) is 1.82. The molecule has 0 saturated carbocycles. The van der Waals surface area contributed by atoms with E-state index in [0.717, 1.165) is 22.3 Å². The number of thiophene rings is 1. The molecule has 0 N–H and O–H groups in total. The van der Waals surface area contributed by atoms with Crippen LogP contribution >= 0.6 is 11.3 Å². The number of imidazole rings is 1. The van der Waals surface area contributed by atoms with Crippen LogP contribution < -0.4 is 0 Å². The lowest BCUT2D eigenvalue weighted by molar-refractivity contribution is -0.132. The van der Waals surface area contributed by atoms with E-state index in [1.54, 1.807) is 25.1 Å². The molecular weight excluding hydrogens is 408 g/mol. The highest BCUT2D eigenvalue weighted by Gasteiger charge is 2.22. The Hall–Kier alpha value is -3.45. The maximum Gasteiger partial charge on any atom is 0.264 e. The Balaban J connectivity index is 1.44. The summed E-state index contributed by atoms with van der Waals surface area (Å²) in [4.78, 5) is 33.4. The number of fused-ring (bicyclic) bond motifs is 1. The lowest BCUT2D eigenvalue weighted by Gasteiger charge is -2.27. The summed E-state index contributed by atoms with van der Waals surface area (Å²) < 4.78 is 2.05. The molecule has 2 aromatic carbocycles. The maximum atomic E-state index is 12.8. The van der Waals surface area contributed by atoms with Gasteiger partial charge in [-0.05, 0) is 48.2 Å². The Morgan fingerprint density at radius 1 is 1.03 bits per heavy atom. The molecule has 31 heavy (non-hydrogen) atoms. The first-order valence-electron chi connectivity index (χ1n) is 10.0. The minimum absolute atomic E-state index is 0.0384. The fourth-order valence-electron chi connectivity index (χ4n) is 3.49. The number of rotatable bonds is 6. The summed E-state index contributed by atoms with van der Waals surface area (Å²) in [6.45, 7) is 2.03. The van der Waals surface area contributed by atoms with Crippen LogP contribution in [-0.4, -0.2) is 51.8 Å². The second-order valence-corrected chi connectivity index (χ2v) is 8.46. The molecule has 0 aliphatic heterocycles. The largest absolute Gasteiger partial charge is 0.337 e. The standard InChI is InChI=1S/C24H24N4O2S/c1-17(27(3)23(29)15-26(2)24(30)22-9-6-14-31-22)18-10-12-19(13-11-18)28-16-25-20-7-4-5-8-21(20)28/h4-14,16-17H,15H2,1-3H3. The van der Waals surface area contributed by atoms with Crippen LogP contribution in [0.25, 0.3) is 16.7 Å². The van der Waals surface area contributed by atoms with Crippen LogP contribution in [0.15, 0.2) is 72.4 Å². The number of hydrogen-bond donors (Lipinski definition) is 0. The monoisotopic (exact) mass is 432 g/mol. The summed E-state index contributed by atoms with van der Waals surface area (Å²) in [5.74, 6) is -0.245. The minimum Gasteiger partial charge on any atom is -0.337 e. The van der Waals surface area contributed by atoms with E-state index >= 15 is 0 Å². The quantitative estimate of drug-likeness (QED) is 0.454. The number of para-hydroxylation sites is 2. The lowest BCUT2D eigenvalue weighted by atomic mass is 10.1. The van der Waals surface area contributed by atoms with Gasteiger partial charge in [-0.3, -0.25) is 14.2 Å². The van der Waals surface area contributed by atoms with Gasteiger partial charge in [-0.1, -0.05) is 30.3 Å². The fraction of sp³-hybridized carbons (Fsp3) is 0.208. The number of carbonyl (C=O) groups excluding carboxylic acids is 2. The van der Waals surface area contributed by atoms with Crippen molar-refractivity contribution in [1.29, 1.82) is 0 Å². The van der Waals surface area contributed by atoms with E-state index in [1.807, 2.05) is 77.8 Å². The molecule has 158 valence electrons. The van der Waals surface area contributed by atoms with Crippen molar-refractivity contribution in [2.24, 2.45) is 0 Å². The van der Waals surface area contributed by atoms with Crippen LogP contribution in [0, 0.1) is 0 Å². The Bertz CT molecular complexity index is 1200. The van der Waals surface area contributed by atoms with Crippen molar-refractivity contribution in [2.45, 2.75) is 13.0 Å². The number of aromatic nitrogens is 2. The molecule has 0 fully saturated rings. The first-order chi connectivity index (χ1) is 15.0. The van der Waals surface area contributed by atoms with Gasteiger partial charge in [0.05, 0.1) is 28.5 Å². The molecular formula is C24H24N4O2S. The molecule has 7 heteroatoms. The van der Waals surface area contributed by atoms with Crippen LogP contribution in [0.5, 0.6) is 0 Å². The highest BCUT2D eigenvalue weighted by atomic mass is 32.1. The molecule has 6 nitrogen and oxygen atoms in total. The second-order valence-electron chi connectivity index (χ2n) is 7.51. The molecule has 0 bridgehead atoms. The van der Waals surface area contributed by atoms with Crippen molar-refractivity contribution < 1.29 is 9.59 Å². The average molecular weight is 433 g/mol. The second kappa shape index (κ2) is 8.73. The number of hydrogen-bond acceptors (Lipinski definition) is 4. The van der Waals surface area contributed by atoms with E-state index in [-0.39, 0.29) is 24.4 Å². The van der Waals surface area contributed by atoms with Gasteiger partial charge >= 0.3 is 0 Å². The third-order valence-electron chi connectivity index (χ3n) is 5.53. The van der Waals surface area contributed by atoms with Crippen molar-refractivity contribution in [3.63, 3.8) is 0 Å². The minimum atomic E-state index is -0.138. The van der Waals surface area contributed by atoms with Crippen molar-refractivity contribution in [1.82, 2.24) is 19.4 Å². The van der Waals surface area contributed by atoms with Crippen molar-refractivity contribution in [3.8, 4) is 5.69 Å². The zero-order valence-corrected chi connectivity index (χ0v) is 18.5. The first kappa shape index (κ1) is 20.8. The predicted molar refractivity (Wildman–Crippen MR) is 124 cm³/mol. The van der Waals surface area contributed by atoms with Gasteiger partial charge < -0.3 is 9.80 Å². The molecule has 4 aromatic rings. The van der Waals surface area contributed by atoms with Gasteiger partial charge in [0.15, 0.2) is 0 Å². The van der Waals surface area contributed by atoms with Crippen LogP contribution in [0.1, 0.15) is 28.2 Å². The Morgan fingerprint density at radius 3 is 2.48 bits per heavy atom. The zero-order valence-electron chi connectivity index (χ0n) is 17.7. The number of carbonyl (C=O) groups is 2. The van der Waals surface area contributed by atoms with Gasteiger partial charge in [-0.25, -0.2) is 4.98 Å². The van der Waals surface area contributed by atoms with Crippen LogP contribution in [0.3, 0.4) is 0 Å². The Morgan fingerprint density at radius 2 is 1.77 bits per heavy atom. The molecule has 0 saturated heterocycles. The van der Waals surface area contributed by atoms with E-state index in [2.05, 4.69) is 4.98 Å². The molecule has 1 unspecified atom stereocenters.